The van der Waals surface area contributed by atoms with Gasteiger partial charge in [-0.05, 0) is 30.3 Å². The molecule has 1 saturated heterocycles. The van der Waals surface area contributed by atoms with E-state index in [4.69, 9.17) is 4.74 Å². The number of piperazine rings is 1. The third-order valence-corrected chi connectivity index (χ3v) is 8.69. The Hall–Kier alpha value is -2.54. The summed E-state index contributed by atoms with van der Waals surface area (Å²) in [6.45, 7) is 0.615. The fraction of sp³-hybridized carbons (Fsp3) is 0.368. The average molecular weight is 469 g/mol. The van der Waals surface area contributed by atoms with Crippen LogP contribution in [0.5, 0.6) is 5.75 Å². The first kappa shape index (κ1) is 23.1. The predicted molar refractivity (Wildman–Crippen MR) is 113 cm³/mol. The molecule has 3 rings (SSSR count). The lowest BCUT2D eigenvalue weighted by atomic mass is 10.1. The minimum Gasteiger partial charge on any atom is -0.495 e. The van der Waals surface area contributed by atoms with Crippen molar-refractivity contribution in [2.24, 2.45) is 0 Å². The van der Waals surface area contributed by atoms with Gasteiger partial charge >= 0.3 is 0 Å². The van der Waals surface area contributed by atoms with Crippen LogP contribution in [0, 0.1) is 0 Å². The maximum absolute atomic E-state index is 13.0. The Labute approximate surface area is 182 Å². The topological polar surface area (TPSA) is 117 Å². The largest absolute Gasteiger partial charge is 0.495 e. The van der Waals surface area contributed by atoms with E-state index in [9.17, 15) is 21.6 Å². The van der Waals surface area contributed by atoms with Crippen molar-refractivity contribution in [1.29, 1.82) is 0 Å². The van der Waals surface area contributed by atoms with E-state index in [2.05, 4.69) is 4.98 Å². The van der Waals surface area contributed by atoms with Gasteiger partial charge in [0.05, 0.1) is 7.11 Å². The smallest absolute Gasteiger partial charge is 0.253 e. The normalized spacial score (nSPS) is 15.8. The Morgan fingerprint density at radius 2 is 1.74 bits per heavy atom. The van der Waals surface area contributed by atoms with Gasteiger partial charge in [-0.25, -0.2) is 21.1 Å². The molecule has 0 radical (unpaired) electrons. The van der Waals surface area contributed by atoms with E-state index in [-0.39, 0.29) is 53.2 Å². The fourth-order valence-corrected chi connectivity index (χ4v) is 5.63. The van der Waals surface area contributed by atoms with Crippen LogP contribution in [0.15, 0.2) is 52.5 Å². The van der Waals surface area contributed by atoms with Crippen molar-refractivity contribution in [3.8, 4) is 5.75 Å². The first-order valence-corrected chi connectivity index (χ1v) is 12.3. The number of carbonyl (C=O) groups is 1. The van der Waals surface area contributed by atoms with Crippen LogP contribution in [0.2, 0.25) is 0 Å². The molecule has 0 unspecified atom stereocenters. The van der Waals surface area contributed by atoms with Crippen molar-refractivity contribution in [1.82, 2.24) is 18.5 Å². The van der Waals surface area contributed by atoms with E-state index in [0.29, 0.717) is 0 Å². The number of sulfonamides is 2. The van der Waals surface area contributed by atoms with E-state index in [1.807, 2.05) is 0 Å². The first-order chi connectivity index (χ1) is 14.6. The van der Waals surface area contributed by atoms with Crippen LogP contribution in [-0.2, 0) is 20.0 Å². The predicted octanol–water partition coefficient (Wildman–Crippen LogP) is 0.487. The van der Waals surface area contributed by atoms with E-state index < -0.39 is 20.0 Å². The van der Waals surface area contributed by atoms with Gasteiger partial charge in [-0.2, -0.15) is 4.31 Å². The van der Waals surface area contributed by atoms with Gasteiger partial charge in [-0.15, -0.1) is 0 Å². The minimum atomic E-state index is -3.82. The highest BCUT2D eigenvalue weighted by Crippen LogP contribution is 2.28. The Morgan fingerprint density at radius 3 is 2.29 bits per heavy atom. The second-order valence-electron chi connectivity index (χ2n) is 7.04. The summed E-state index contributed by atoms with van der Waals surface area (Å²) in [5, 5.41) is 0. The van der Waals surface area contributed by atoms with Gasteiger partial charge in [0.15, 0.2) is 0 Å². The van der Waals surface area contributed by atoms with E-state index in [1.165, 1.54) is 67.1 Å². The van der Waals surface area contributed by atoms with E-state index in [0.717, 1.165) is 4.31 Å². The number of nitrogens with zero attached hydrogens (tertiary/aromatic N) is 4. The van der Waals surface area contributed by atoms with Crippen LogP contribution in [0.4, 0.5) is 0 Å². The van der Waals surface area contributed by atoms with E-state index in [1.54, 1.807) is 6.07 Å². The summed E-state index contributed by atoms with van der Waals surface area (Å²) in [6, 6.07) is 7.25. The van der Waals surface area contributed by atoms with Gasteiger partial charge < -0.3 is 9.64 Å². The first-order valence-electron chi connectivity index (χ1n) is 9.39. The van der Waals surface area contributed by atoms with Crippen LogP contribution >= 0.6 is 0 Å². The summed E-state index contributed by atoms with van der Waals surface area (Å²) in [5.74, 6) is -0.242. The average Bonchev–Trinajstić information content (AvgIpc) is 2.78. The summed E-state index contributed by atoms with van der Waals surface area (Å²) in [6.07, 6.45) is 2.78. The molecule has 12 heteroatoms. The Bertz CT molecular complexity index is 1160. The molecule has 10 nitrogen and oxygen atoms in total. The van der Waals surface area contributed by atoms with Crippen molar-refractivity contribution in [3.63, 3.8) is 0 Å². The summed E-state index contributed by atoms with van der Waals surface area (Å²) in [7, 11) is -3.37. The molecular weight excluding hydrogens is 444 g/mol. The molecule has 1 aromatic heterocycles. The monoisotopic (exact) mass is 468 g/mol. The van der Waals surface area contributed by atoms with Gasteiger partial charge in [0.25, 0.3) is 5.91 Å². The Morgan fingerprint density at radius 1 is 1.06 bits per heavy atom. The fourth-order valence-electron chi connectivity index (χ4n) is 3.17. The lowest BCUT2D eigenvalue weighted by Gasteiger charge is -2.34. The van der Waals surface area contributed by atoms with Gasteiger partial charge in [-0.3, -0.25) is 9.78 Å². The molecule has 0 aliphatic carbocycles. The highest BCUT2D eigenvalue weighted by Gasteiger charge is 2.31. The van der Waals surface area contributed by atoms with Crippen LogP contribution < -0.4 is 4.74 Å². The summed E-state index contributed by atoms with van der Waals surface area (Å²) < 4.78 is 58.1. The van der Waals surface area contributed by atoms with Crippen LogP contribution in [0.25, 0.3) is 0 Å². The number of benzene rings is 1. The van der Waals surface area contributed by atoms with Gasteiger partial charge in [-0.1, -0.05) is 0 Å². The van der Waals surface area contributed by atoms with Crippen molar-refractivity contribution in [2.75, 3.05) is 47.4 Å². The second kappa shape index (κ2) is 8.91. The minimum absolute atomic E-state index is 0.100. The molecule has 0 spiro atoms. The molecule has 1 fully saturated rings. The van der Waals surface area contributed by atoms with Crippen LogP contribution in [0.1, 0.15) is 10.4 Å². The Balaban J connectivity index is 1.78. The lowest BCUT2D eigenvalue weighted by molar-refractivity contribution is 0.0697. The maximum Gasteiger partial charge on any atom is 0.253 e. The number of hydrogen-bond acceptors (Lipinski definition) is 7. The molecular formula is C19H24N4O6S2. The van der Waals surface area contributed by atoms with Crippen molar-refractivity contribution < 1.29 is 26.4 Å². The highest BCUT2D eigenvalue weighted by molar-refractivity contribution is 7.89. The molecule has 2 aromatic rings. The molecule has 1 aliphatic heterocycles. The van der Waals surface area contributed by atoms with Crippen molar-refractivity contribution in [2.45, 2.75) is 9.79 Å². The number of aromatic nitrogens is 1. The molecule has 168 valence electrons. The number of hydrogen-bond donors (Lipinski definition) is 0. The zero-order valence-corrected chi connectivity index (χ0v) is 19.1. The molecule has 2 heterocycles. The molecule has 0 N–H and O–H groups in total. The molecule has 1 amide bonds. The summed E-state index contributed by atoms with van der Waals surface area (Å²) in [5.41, 5.74) is 0.185. The SMILES string of the molecule is COc1ccc(C(=O)N2CCN(S(=O)(=O)c3cccnc3)CC2)cc1S(=O)(=O)N(C)C. The summed E-state index contributed by atoms with van der Waals surface area (Å²) in [4.78, 5) is 18.3. The molecule has 0 bridgehead atoms. The number of methoxy groups -OCH3 is 1. The molecule has 0 atom stereocenters. The van der Waals surface area contributed by atoms with Crippen LogP contribution in [0.3, 0.4) is 0 Å². The standard InChI is InChI=1S/C19H24N4O6S2/c1-21(2)31(27,28)18-13-15(6-7-17(18)29-3)19(24)22-9-11-23(12-10-22)30(25,26)16-5-4-8-20-14-16/h4-8,13-14H,9-12H2,1-3H3. The molecule has 0 saturated carbocycles. The van der Waals surface area contributed by atoms with Crippen LogP contribution in [-0.4, -0.2) is 88.6 Å². The number of amides is 1. The lowest BCUT2D eigenvalue weighted by Crippen LogP contribution is -2.50. The molecule has 31 heavy (non-hydrogen) atoms. The van der Waals surface area contributed by atoms with E-state index >= 15 is 0 Å². The number of rotatable bonds is 6. The maximum atomic E-state index is 13.0. The third-order valence-electron chi connectivity index (χ3n) is 4.97. The molecule has 1 aliphatic rings. The Kier molecular flexibility index (Phi) is 6.65. The quantitative estimate of drug-likeness (QED) is 0.605. The second-order valence-corrected chi connectivity index (χ2v) is 11.1. The molecule has 1 aromatic carbocycles. The van der Waals surface area contributed by atoms with Gasteiger partial charge in [0.1, 0.15) is 15.5 Å². The van der Waals surface area contributed by atoms with Gasteiger partial charge in [0.2, 0.25) is 20.0 Å². The van der Waals surface area contributed by atoms with Crippen molar-refractivity contribution in [3.05, 3.63) is 48.3 Å². The van der Waals surface area contributed by atoms with Crippen molar-refractivity contribution >= 4 is 26.0 Å². The number of ether oxygens (including phenoxy) is 1. The zero-order chi connectivity index (χ0) is 22.8. The number of pyridine rings is 1. The third kappa shape index (κ3) is 4.56. The summed E-state index contributed by atoms with van der Waals surface area (Å²) >= 11 is 0. The highest BCUT2D eigenvalue weighted by atomic mass is 32.2. The number of carbonyl (C=O) groups excluding carboxylic acids is 1. The zero-order valence-electron chi connectivity index (χ0n) is 17.4. The van der Waals surface area contributed by atoms with Gasteiger partial charge in [0, 0.05) is 58.2 Å².